The van der Waals surface area contributed by atoms with Gasteiger partial charge in [0.1, 0.15) is 12.4 Å². The van der Waals surface area contributed by atoms with Gasteiger partial charge in [-0.1, -0.05) is 38.8 Å². The summed E-state index contributed by atoms with van der Waals surface area (Å²) in [5, 5.41) is 12.2. The minimum atomic E-state index is -0.967. The summed E-state index contributed by atoms with van der Waals surface area (Å²) >= 11 is 0. The number of hydrogen-bond donors (Lipinski definition) is 2. The molecule has 0 aliphatic heterocycles. The number of hydrogen-bond acceptors (Lipinski definition) is 5. The highest BCUT2D eigenvalue weighted by atomic mass is 16.5. The van der Waals surface area contributed by atoms with Crippen LogP contribution in [0.2, 0.25) is 0 Å². The van der Waals surface area contributed by atoms with E-state index in [1.165, 1.54) is 0 Å². The van der Waals surface area contributed by atoms with Gasteiger partial charge in [0.25, 0.3) is 0 Å². The average Bonchev–Trinajstić information content (AvgIpc) is 2.79. The first-order chi connectivity index (χ1) is 15.9. The first-order valence-electron chi connectivity index (χ1n) is 12.0. The van der Waals surface area contributed by atoms with Crippen LogP contribution in [0.25, 0.3) is 0 Å². The van der Waals surface area contributed by atoms with Crippen LogP contribution in [0.1, 0.15) is 52.0 Å². The van der Waals surface area contributed by atoms with Gasteiger partial charge in [-0.25, -0.2) is 9.59 Å². The molecule has 0 aliphatic carbocycles. The van der Waals surface area contributed by atoms with Crippen LogP contribution in [0.15, 0.2) is 24.3 Å². The van der Waals surface area contributed by atoms with Crippen molar-refractivity contribution in [3.8, 4) is 5.75 Å². The van der Waals surface area contributed by atoms with Gasteiger partial charge in [0.2, 0.25) is 0 Å². The van der Waals surface area contributed by atoms with Crippen molar-refractivity contribution >= 4 is 12.0 Å². The Morgan fingerprint density at radius 2 is 1.73 bits per heavy atom. The molecule has 188 valence electrons. The number of nitrogens with zero attached hydrogens (tertiary/aromatic N) is 1. The molecule has 8 nitrogen and oxygen atoms in total. The first kappa shape index (κ1) is 28.7. The zero-order valence-electron chi connectivity index (χ0n) is 20.7. The highest BCUT2D eigenvalue weighted by Gasteiger charge is 2.19. The minimum absolute atomic E-state index is 0.0983. The second-order valence-electron chi connectivity index (χ2n) is 8.09. The second kappa shape index (κ2) is 17.2. The summed E-state index contributed by atoms with van der Waals surface area (Å²) < 4.78 is 16.2. The maximum absolute atomic E-state index is 12.7. The van der Waals surface area contributed by atoms with E-state index in [1.807, 2.05) is 29.2 Å². The fourth-order valence-corrected chi connectivity index (χ4v) is 3.73. The molecular weight excluding hydrogens is 424 g/mol. The van der Waals surface area contributed by atoms with Gasteiger partial charge < -0.3 is 29.5 Å². The number of ether oxygens (including phenoxy) is 3. The SMILES string of the molecule is CCCC(CCC)CN(CCOc1ccc(CC(OCC)C(=O)O)cc1)C(=O)NCCOC. The number of carboxylic acid groups (broad SMARTS) is 1. The summed E-state index contributed by atoms with van der Waals surface area (Å²) in [5.41, 5.74) is 0.865. The zero-order chi connectivity index (χ0) is 24.5. The summed E-state index contributed by atoms with van der Waals surface area (Å²) in [4.78, 5) is 25.8. The summed E-state index contributed by atoms with van der Waals surface area (Å²) in [6.45, 7) is 8.98. The molecule has 1 aromatic rings. The Kier molecular flexibility index (Phi) is 15.0. The number of aliphatic carboxylic acids is 1. The van der Waals surface area contributed by atoms with Gasteiger partial charge in [-0.05, 0) is 43.4 Å². The van der Waals surface area contributed by atoms with Gasteiger partial charge in [-0.15, -0.1) is 0 Å². The Morgan fingerprint density at radius 1 is 1.06 bits per heavy atom. The lowest BCUT2D eigenvalue weighted by atomic mass is 9.98. The minimum Gasteiger partial charge on any atom is -0.492 e. The van der Waals surface area contributed by atoms with Crippen LogP contribution < -0.4 is 10.1 Å². The Hall–Kier alpha value is -2.32. The number of carbonyl (C=O) groups excluding carboxylic acids is 1. The van der Waals surface area contributed by atoms with Crippen LogP contribution >= 0.6 is 0 Å². The molecule has 0 bridgehead atoms. The number of methoxy groups -OCH3 is 1. The number of amides is 2. The molecule has 1 atom stereocenters. The van der Waals surface area contributed by atoms with Crippen LogP contribution in [0.3, 0.4) is 0 Å². The van der Waals surface area contributed by atoms with Crippen LogP contribution in [-0.4, -0.2) is 74.7 Å². The van der Waals surface area contributed by atoms with Crippen molar-refractivity contribution < 1.29 is 28.9 Å². The lowest BCUT2D eigenvalue weighted by Gasteiger charge is -2.28. The molecule has 1 aromatic carbocycles. The van der Waals surface area contributed by atoms with E-state index in [0.29, 0.717) is 57.5 Å². The molecule has 0 saturated carbocycles. The van der Waals surface area contributed by atoms with E-state index in [4.69, 9.17) is 14.2 Å². The summed E-state index contributed by atoms with van der Waals surface area (Å²) in [6, 6.07) is 7.23. The fourth-order valence-electron chi connectivity index (χ4n) is 3.73. The first-order valence-corrected chi connectivity index (χ1v) is 12.0. The van der Waals surface area contributed by atoms with Gasteiger partial charge in [0.15, 0.2) is 6.10 Å². The van der Waals surface area contributed by atoms with Crippen LogP contribution in [0.4, 0.5) is 4.79 Å². The summed E-state index contributed by atoms with van der Waals surface area (Å²) in [5.74, 6) is 0.186. The molecule has 0 aromatic heterocycles. The quantitative estimate of drug-likeness (QED) is 0.318. The van der Waals surface area contributed by atoms with Gasteiger partial charge in [-0.3, -0.25) is 0 Å². The molecule has 0 radical (unpaired) electrons. The van der Waals surface area contributed by atoms with Crippen molar-refractivity contribution in [3.05, 3.63) is 29.8 Å². The lowest BCUT2D eigenvalue weighted by molar-refractivity contribution is -0.149. The third-order valence-electron chi connectivity index (χ3n) is 5.36. The molecular formula is C25H42N2O6. The Balaban J connectivity index is 2.66. The maximum Gasteiger partial charge on any atom is 0.333 e. The Morgan fingerprint density at radius 3 is 2.27 bits per heavy atom. The Bertz CT molecular complexity index is 661. The lowest BCUT2D eigenvalue weighted by Crippen LogP contribution is -2.45. The number of nitrogens with one attached hydrogen (secondary N) is 1. The standard InChI is InChI=1S/C25H42N2O6/c1-5-8-21(9-6-2)19-27(25(30)26-14-16-31-4)15-17-33-22-12-10-20(11-13-22)18-23(24(28)29)32-7-3/h10-13,21,23H,5-9,14-19H2,1-4H3,(H,26,30)(H,28,29). The highest BCUT2D eigenvalue weighted by Crippen LogP contribution is 2.17. The van der Waals surface area contributed by atoms with E-state index in [2.05, 4.69) is 19.2 Å². The molecule has 0 aliphatic rings. The van der Waals surface area contributed by atoms with Crippen LogP contribution in [0, 0.1) is 5.92 Å². The number of carbonyl (C=O) groups is 2. The van der Waals surface area contributed by atoms with Crippen molar-refractivity contribution in [3.63, 3.8) is 0 Å². The predicted molar refractivity (Wildman–Crippen MR) is 129 cm³/mol. The van der Waals surface area contributed by atoms with Gasteiger partial charge in [0.05, 0.1) is 13.2 Å². The predicted octanol–water partition coefficient (Wildman–Crippen LogP) is 3.97. The number of rotatable bonds is 18. The molecule has 0 fully saturated rings. The molecule has 2 N–H and O–H groups in total. The van der Waals surface area contributed by atoms with Crippen molar-refractivity contribution in [2.45, 2.75) is 59.0 Å². The molecule has 0 spiro atoms. The van der Waals surface area contributed by atoms with Crippen LogP contribution in [-0.2, 0) is 20.7 Å². The van der Waals surface area contributed by atoms with E-state index < -0.39 is 12.1 Å². The van der Waals surface area contributed by atoms with Crippen molar-refractivity contribution in [1.29, 1.82) is 0 Å². The third kappa shape index (κ3) is 11.9. The normalized spacial score (nSPS) is 11.9. The molecule has 33 heavy (non-hydrogen) atoms. The van der Waals surface area contributed by atoms with Crippen molar-refractivity contribution in [1.82, 2.24) is 10.2 Å². The van der Waals surface area contributed by atoms with Crippen LogP contribution in [0.5, 0.6) is 5.75 Å². The molecule has 1 unspecified atom stereocenters. The maximum atomic E-state index is 12.7. The third-order valence-corrected chi connectivity index (χ3v) is 5.36. The van der Waals surface area contributed by atoms with Crippen molar-refractivity contribution in [2.75, 3.05) is 46.6 Å². The summed E-state index contributed by atoms with van der Waals surface area (Å²) in [7, 11) is 1.61. The summed E-state index contributed by atoms with van der Waals surface area (Å²) in [6.07, 6.45) is 3.83. The highest BCUT2D eigenvalue weighted by molar-refractivity contribution is 5.74. The smallest absolute Gasteiger partial charge is 0.333 e. The second-order valence-corrected chi connectivity index (χ2v) is 8.09. The van der Waals surface area contributed by atoms with Gasteiger partial charge in [0, 0.05) is 33.2 Å². The monoisotopic (exact) mass is 466 g/mol. The number of urea groups is 1. The van der Waals surface area contributed by atoms with Gasteiger partial charge >= 0.3 is 12.0 Å². The molecule has 0 saturated heterocycles. The van der Waals surface area contributed by atoms with E-state index in [-0.39, 0.29) is 6.03 Å². The number of benzene rings is 1. The van der Waals surface area contributed by atoms with E-state index in [0.717, 1.165) is 31.2 Å². The van der Waals surface area contributed by atoms with Gasteiger partial charge in [-0.2, -0.15) is 0 Å². The molecule has 0 heterocycles. The largest absolute Gasteiger partial charge is 0.492 e. The van der Waals surface area contributed by atoms with E-state index >= 15 is 0 Å². The van der Waals surface area contributed by atoms with E-state index in [1.54, 1.807) is 14.0 Å². The van der Waals surface area contributed by atoms with Crippen molar-refractivity contribution in [2.24, 2.45) is 5.92 Å². The molecule has 1 rings (SSSR count). The molecule has 8 heteroatoms. The molecule has 2 amide bonds. The Labute approximate surface area is 198 Å². The fraction of sp³-hybridized carbons (Fsp3) is 0.680. The average molecular weight is 467 g/mol. The van der Waals surface area contributed by atoms with E-state index in [9.17, 15) is 14.7 Å². The number of carboxylic acids is 1. The topological polar surface area (TPSA) is 97.3 Å². The zero-order valence-corrected chi connectivity index (χ0v) is 20.7.